The highest BCUT2D eigenvalue weighted by Crippen LogP contribution is 2.60. The van der Waals surface area contributed by atoms with E-state index in [0.29, 0.717) is 32.7 Å². The Bertz CT molecular complexity index is 721. The molecule has 5 fully saturated rings. The van der Waals surface area contributed by atoms with Crippen molar-refractivity contribution in [1.82, 2.24) is 10.2 Å². The van der Waals surface area contributed by atoms with Crippen molar-refractivity contribution in [1.29, 1.82) is 0 Å². The predicted octanol–water partition coefficient (Wildman–Crippen LogP) is 2.79. The van der Waals surface area contributed by atoms with Crippen LogP contribution < -0.4 is 5.32 Å². The van der Waals surface area contributed by atoms with Crippen LogP contribution in [0.25, 0.3) is 0 Å². The number of carbonyl (C=O) groups is 2. The lowest BCUT2D eigenvalue weighted by Gasteiger charge is -2.55. The molecule has 1 aromatic rings. The minimum atomic E-state index is -0.490. The smallest absolute Gasteiger partial charge is 0.245 e. The third kappa shape index (κ3) is 3.81. The van der Waals surface area contributed by atoms with Gasteiger partial charge in [-0.15, -0.1) is 0 Å². The van der Waals surface area contributed by atoms with Crippen molar-refractivity contribution >= 4 is 11.8 Å². The van der Waals surface area contributed by atoms with Gasteiger partial charge in [-0.3, -0.25) is 9.59 Å². The molecule has 1 atom stereocenters. The van der Waals surface area contributed by atoms with Crippen molar-refractivity contribution in [2.24, 2.45) is 23.2 Å². The van der Waals surface area contributed by atoms with Gasteiger partial charge in [0.1, 0.15) is 6.04 Å². The number of hydrogen-bond donors (Lipinski definition) is 1. The zero-order chi connectivity index (χ0) is 19.8. The van der Waals surface area contributed by atoms with E-state index < -0.39 is 6.04 Å². The predicted molar refractivity (Wildman–Crippen MR) is 110 cm³/mol. The Balaban J connectivity index is 1.34. The molecule has 4 saturated carbocycles. The molecule has 0 aromatic heterocycles. The largest absolute Gasteiger partial charge is 0.378 e. The summed E-state index contributed by atoms with van der Waals surface area (Å²) in [6, 6.07) is 9.55. The Morgan fingerprint density at radius 1 is 1.00 bits per heavy atom. The van der Waals surface area contributed by atoms with Crippen molar-refractivity contribution in [2.45, 2.75) is 51.0 Å². The van der Waals surface area contributed by atoms with Crippen molar-refractivity contribution in [2.75, 3.05) is 26.3 Å². The van der Waals surface area contributed by atoms with E-state index >= 15 is 0 Å². The van der Waals surface area contributed by atoms with Crippen LogP contribution in [-0.4, -0.2) is 49.1 Å². The normalized spacial score (nSPS) is 34.1. The zero-order valence-corrected chi connectivity index (χ0v) is 17.1. The maximum absolute atomic E-state index is 13.6. The highest BCUT2D eigenvalue weighted by atomic mass is 16.5. The van der Waals surface area contributed by atoms with Gasteiger partial charge in [0.15, 0.2) is 0 Å². The first-order chi connectivity index (χ1) is 14.1. The molecule has 1 aromatic carbocycles. The van der Waals surface area contributed by atoms with Gasteiger partial charge in [0.05, 0.1) is 13.2 Å². The number of nitrogens with one attached hydrogen (secondary N) is 1. The first kappa shape index (κ1) is 19.1. The summed E-state index contributed by atoms with van der Waals surface area (Å²) in [5, 5.41) is 3.25. The first-order valence-electron chi connectivity index (χ1n) is 11.3. The molecule has 0 spiro atoms. The van der Waals surface area contributed by atoms with Crippen LogP contribution in [0.2, 0.25) is 0 Å². The second kappa shape index (κ2) is 7.75. The molecule has 5 heteroatoms. The molecule has 2 amide bonds. The number of nitrogens with zero attached hydrogens (tertiary/aromatic N) is 1. The highest BCUT2D eigenvalue weighted by molar-refractivity contribution is 5.90. The van der Waals surface area contributed by atoms with Crippen LogP contribution in [0.1, 0.15) is 44.1 Å². The van der Waals surface area contributed by atoms with Gasteiger partial charge in [-0.05, 0) is 61.8 Å². The van der Waals surface area contributed by atoms with E-state index in [-0.39, 0.29) is 17.2 Å². The number of hydrogen-bond acceptors (Lipinski definition) is 3. The van der Waals surface area contributed by atoms with Crippen LogP contribution >= 0.6 is 0 Å². The van der Waals surface area contributed by atoms with E-state index in [0.717, 1.165) is 42.6 Å². The first-order valence-corrected chi connectivity index (χ1v) is 11.3. The molecule has 29 heavy (non-hydrogen) atoms. The molecular formula is C24H32N2O3. The fourth-order valence-electron chi connectivity index (χ4n) is 6.75. The lowest BCUT2D eigenvalue weighted by Crippen LogP contribution is -2.58. The number of rotatable bonds is 5. The molecule has 4 bridgehead atoms. The van der Waals surface area contributed by atoms with Crippen LogP contribution in [-0.2, 0) is 20.7 Å². The van der Waals surface area contributed by atoms with Crippen molar-refractivity contribution < 1.29 is 14.3 Å². The number of amides is 2. The average molecular weight is 397 g/mol. The van der Waals surface area contributed by atoms with Gasteiger partial charge in [-0.1, -0.05) is 30.3 Å². The number of carbonyl (C=O) groups excluding carboxylic acids is 2. The summed E-state index contributed by atoms with van der Waals surface area (Å²) in [5.41, 5.74) is 0.861. The molecule has 1 heterocycles. The average Bonchev–Trinajstić information content (AvgIpc) is 2.73. The summed E-state index contributed by atoms with van der Waals surface area (Å²) in [5.74, 6) is 2.33. The van der Waals surface area contributed by atoms with E-state index in [4.69, 9.17) is 4.74 Å². The Kier molecular flexibility index (Phi) is 5.10. The van der Waals surface area contributed by atoms with Crippen molar-refractivity contribution in [3.05, 3.63) is 35.9 Å². The van der Waals surface area contributed by atoms with E-state index in [1.165, 1.54) is 19.3 Å². The second-order valence-corrected chi connectivity index (χ2v) is 9.85. The van der Waals surface area contributed by atoms with Gasteiger partial charge in [-0.2, -0.15) is 0 Å². The standard InChI is InChI=1S/C24H32N2O3/c27-22(26-6-8-29-9-7-26)21(13-17-4-2-1-3-5-17)25-23(28)24-14-18-10-19(15-24)12-20(11-18)16-24/h1-5,18-21H,6-16H2,(H,25,28)/t18?,19?,20?,21-,24?/m1/s1. The third-order valence-electron chi connectivity index (χ3n) is 7.73. The van der Waals surface area contributed by atoms with Gasteiger partial charge >= 0.3 is 0 Å². The summed E-state index contributed by atoms with van der Waals surface area (Å²) in [7, 11) is 0. The lowest BCUT2D eigenvalue weighted by molar-refractivity contribution is -0.150. The van der Waals surface area contributed by atoms with E-state index in [1.54, 1.807) is 0 Å². The lowest BCUT2D eigenvalue weighted by atomic mass is 9.49. The molecule has 156 valence electrons. The van der Waals surface area contributed by atoms with E-state index in [2.05, 4.69) is 5.32 Å². The highest BCUT2D eigenvalue weighted by Gasteiger charge is 2.55. The number of benzene rings is 1. The van der Waals surface area contributed by atoms with Crippen LogP contribution in [0, 0.1) is 23.2 Å². The van der Waals surface area contributed by atoms with Crippen molar-refractivity contribution in [3.8, 4) is 0 Å². The molecule has 0 radical (unpaired) electrons. The van der Waals surface area contributed by atoms with Crippen LogP contribution in [0.15, 0.2) is 30.3 Å². The topological polar surface area (TPSA) is 58.6 Å². The minimum Gasteiger partial charge on any atom is -0.378 e. The maximum atomic E-state index is 13.6. The molecular weight excluding hydrogens is 364 g/mol. The zero-order valence-electron chi connectivity index (χ0n) is 17.1. The Labute approximate surface area is 173 Å². The van der Waals surface area contributed by atoms with Gasteiger partial charge in [-0.25, -0.2) is 0 Å². The van der Waals surface area contributed by atoms with Crippen LogP contribution in [0.4, 0.5) is 0 Å². The molecule has 6 rings (SSSR count). The fraction of sp³-hybridized carbons (Fsp3) is 0.667. The molecule has 0 unspecified atom stereocenters. The number of ether oxygens (including phenoxy) is 1. The summed E-state index contributed by atoms with van der Waals surface area (Å²) < 4.78 is 5.41. The van der Waals surface area contributed by atoms with Gasteiger partial charge in [0.2, 0.25) is 11.8 Å². The van der Waals surface area contributed by atoms with Gasteiger partial charge < -0.3 is 15.0 Å². The summed E-state index contributed by atoms with van der Waals surface area (Å²) in [6.07, 6.45) is 7.55. The van der Waals surface area contributed by atoms with Crippen LogP contribution in [0.5, 0.6) is 0 Å². The van der Waals surface area contributed by atoms with Gasteiger partial charge in [0, 0.05) is 24.9 Å². The molecule has 1 saturated heterocycles. The Hall–Kier alpha value is -1.88. The monoisotopic (exact) mass is 396 g/mol. The molecule has 1 N–H and O–H groups in total. The Morgan fingerprint density at radius 3 is 2.17 bits per heavy atom. The Morgan fingerprint density at radius 2 is 1.59 bits per heavy atom. The third-order valence-corrected chi connectivity index (χ3v) is 7.73. The second-order valence-electron chi connectivity index (χ2n) is 9.85. The minimum absolute atomic E-state index is 0.0373. The van der Waals surface area contributed by atoms with Gasteiger partial charge in [0.25, 0.3) is 0 Å². The quantitative estimate of drug-likeness (QED) is 0.833. The molecule has 4 aliphatic carbocycles. The fourth-order valence-corrected chi connectivity index (χ4v) is 6.75. The summed E-state index contributed by atoms with van der Waals surface area (Å²) in [6.45, 7) is 2.37. The molecule has 5 aliphatic rings. The summed E-state index contributed by atoms with van der Waals surface area (Å²) >= 11 is 0. The summed E-state index contributed by atoms with van der Waals surface area (Å²) in [4.78, 5) is 28.8. The SMILES string of the molecule is O=C([C@@H](Cc1ccccc1)NC(=O)C12CC3CC(CC(C3)C1)C2)N1CCOCC1. The van der Waals surface area contributed by atoms with E-state index in [9.17, 15) is 9.59 Å². The maximum Gasteiger partial charge on any atom is 0.245 e. The van der Waals surface area contributed by atoms with E-state index in [1.807, 2.05) is 35.2 Å². The van der Waals surface area contributed by atoms with Crippen molar-refractivity contribution in [3.63, 3.8) is 0 Å². The molecule has 5 nitrogen and oxygen atoms in total. The number of morpholine rings is 1. The van der Waals surface area contributed by atoms with Crippen LogP contribution in [0.3, 0.4) is 0 Å². The molecule has 1 aliphatic heterocycles.